The highest BCUT2D eigenvalue weighted by atomic mass is 16.5. The first kappa shape index (κ1) is 19.4. The number of carbonyl (C=O) groups excluding carboxylic acids is 2. The Hall–Kier alpha value is -3.40. The van der Waals surface area contributed by atoms with Gasteiger partial charge < -0.3 is 10.1 Å². The predicted molar refractivity (Wildman–Crippen MR) is 108 cm³/mol. The molecule has 2 unspecified atom stereocenters. The maximum atomic E-state index is 13.1. The summed E-state index contributed by atoms with van der Waals surface area (Å²) in [5.41, 5.74) is 2.75. The fourth-order valence-corrected chi connectivity index (χ4v) is 3.10. The molecule has 0 bridgehead atoms. The summed E-state index contributed by atoms with van der Waals surface area (Å²) in [7, 11) is 0. The van der Waals surface area contributed by atoms with Crippen LogP contribution in [-0.2, 0) is 20.7 Å². The minimum absolute atomic E-state index is 0.238. The quantitative estimate of drug-likeness (QED) is 0.625. The third-order valence-electron chi connectivity index (χ3n) is 4.43. The second-order valence-corrected chi connectivity index (χ2v) is 6.56. The first-order chi connectivity index (χ1) is 13.6. The molecule has 1 N–H and O–H groups in total. The Bertz CT molecular complexity index is 895. The molecule has 3 aromatic carbocycles. The zero-order chi connectivity index (χ0) is 19.8. The lowest BCUT2D eigenvalue weighted by atomic mass is 9.98. The molecule has 0 aliphatic heterocycles. The molecule has 3 aromatic rings. The lowest BCUT2D eigenvalue weighted by Crippen LogP contribution is -2.35. The highest BCUT2D eigenvalue weighted by molar-refractivity contribution is 5.85. The Morgan fingerprint density at radius 3 is 1.82 bits per heavy atom. The van der Waals surface area contributed by atoms with Crippen LogP contribution in [0.5, 0.6) is 0 Å². The molecule has 4 nitrogen and oxygen atoms in total. The van der Waals surface area contributed by atoms with E-state index in [9.17, 15) is 9.59 Å². The fourth-order valence-electron chi connectivity index (χ4n) is 3.10. The number of amides is 1. The lowest BCUT2D eigenvalue weighted by Gasteiger charge is -2.23. The molecule has 2 atom stereocenters. The molecule has 0 radical (unpaired) electrons. The molecule has 3 rings (SSSR count). The monoisotopic (exact) mass is 373 g/mol. The molecule has 0 aliphatic rings. The minimum atomic E-state index is -0.985. The van der Waals surface area contributed by atoms with Gasteiger partial charge >= 0.3 is 5.97 Å². The maximum absolute atomic E-state index is 13.1. The van der Waals surface area contributed by atoms with E-state index in [1.165, 1.54) is 6.92 Å². The first-order valence-corrected chi connectivity index (χ1v) is 9.25. The van der Waals surface area contributed by atoms with E-state index in [4.69, 9.17) is 4.74 Å². The van der Waals surface area contributed by atoms with E-state index in [-0.39, 0.29) is 11.9 Å². The van der Waals surface area contributed by atoms with Gasteiger partial charge in [-0.1, -0.05) is 91.0 Å². The summed E-state index contributed by atoms with van der Waals surface area (Å²) in [6.07, 6.45) is -0.348. The number of carbonyl (C=O) groups is 2. The van der Waals surface area contributed by atoms with Crippen molar-refractivity contribution in [3.05, 3.63) is 108 Å². The summed E-state index contributed by atoms with van der Waals surface area (Å²) in [6.45, 7) is 1.31. The van der Waals surface area contributed by atoms with Gasteiger partial charge in [-0.3, -0.25) is 9.59 Å². The van der Waals surface area contributed by atoms with Gasteiger partial charge in [0.1, 0.15) is 0 Å². The van der Waals surface area contributed by atoms with Gasteiger partial charge in [0.05, 0.1) is 6.04 Å². The third-order valence-corrected chi connectivity index (χ3v) is 4.43. The summed E-state index contributed by atoms with van der Waals surface area (Å²) >= 11 is 0. The van der Waals surface area contributed by atoms with Gasteiger partial charge in [-0.25, -0.2) is 0 Å². The van der Waals surface area contributed by atoms with Gasteiger partial charge in [0.15, 0.2) is 0 Å². The van der Waals surface area contributed by atoms with E-state index in [2.05, 4.69) is 5.32 Å². The van der Waals surface area contributed by atoms with Crippen molar-refractivity contribution in [2.75, 3.05) is 0 Å². The van der Waals surface area contributed by atoms with Crippen molar-refractivity contribution >= 4 is 11.9 Å². The second kappa shape index (κ2) is 9.51. The fraction of sp³-hybridized carbons (Fsp3) is 0.167. The van der Waals surface area contributed by atoms with Crippen molar-refractivity contribution in [1.29, 1.82) is 0 Å². The standard InChI is InChI=1S/C24H23NO3/c1-18(26)28-23(21-15-9-4-10-16-21)24(27)25-22(20-13-7-3-8-14-20)17-19-11-5-2-6-12-19/h2-16,22-23H,17H2,1H3,(H,25,27). The van der Waals surface area contributed by atoms with E-state index < -0.39 is 12.1 Å². The smallest absolute Gasteiger partial charge is 0.303 e. The van der Waals surface area contributed by atoms with Gasteiger partial charge in [-0.05, 0) is 17.5 Å². The molecule has 0 aromatic heterocycles. The molecule has 0 aliphatic carbocycles. The molecule has 0 saturated carbocycles. The van der Waals surface area contributed by atoms with Crippen LogP contribution >= 0.6 is 0 Å². The van der Waals surface area contributed by atoms with E-state index in [1.54, 1.807) is 12.1 Å². The molecule has 4 heteroatoms. The van der Waals surface area contributed by atoms with Crippen molar-refractivity contribution < 1.29 is 14.3 Å². The molecule has 1 amide bonds. The van der Waals surface area contributed by atoms with Crippen molar-refractivity contribution in [1.82, 2.24) is 5.32 Å². The van der Waals surface area contributed by atoms with Gasteiger partial charge in [0, 0.05) is 12.5 Å². The Morgan fingerprint density at radius 2 is 1.29 bits per heavy atom. The van der Waals surface area contributed by atoms with Crippen molar-refractivity contribution in [3.63, 3.8) is 0 Å². The molecule has 0 saturated heterocycles. The highest BCUT2D eigenvalue weighted by Gasteiger charge is 2.26. The number of nitrogens with one attached hydrogen (secondary N) is 1. The third kappa shape index (κ3) is 5.30. The predicted octanol–water partition coefficient (Wildman–Crippen LogP) is 4.39. The SMILES string of the molecule is CC(=O)OC(C(=O)NC(Cc1ccccc1)c1ccccc1)c1ccccc1. The van der Waals surface area contributed by atoms with Gasteiger partial charge in [-0.2, -0.15) is 0 Å². The number of hydrogen-bond donors (Lipinski definition) is 1. The maximum Gasteiger partial charge on any atom is 0.303 e. The Labute approximate surface area is 165 Å². The molecule has 142 valence electrons. The minimum Gasteiger partial charge on any atom is -0.447 e. The van der Waals surface area contributed by atoms with Crippen molar-refractivity contribution in [3.8, 4) is 0 Å². The second-order valence-electron chi connectivity index (χ2n) is 6.56. The Balaban J connectivity index is 1.85. The van der Waals surface area contributed by atoms with Crippen LogP contribution in [0.1, 0.15) is 35.8 Å². The van der Waals surface area contributed by atoms with Crippen LogP contribution in [0.15, 0.2) is 91.0 Å². The number of ether oxygens (including phenoxy) is 1. The summed E-state index contributed by atoms with van der Waals surface area (Å²) in [5, 5.41) is 3.07. The zero-order valence-electron chi connectivity index (χ0n) is 15.7. The largest absolute Gasteiger partial charge is 0.447 e. The number of hydrogen-bond acceptors (Lipinski definition) is 3. The van der Waals surface area contributed by atoms with Crippen molar-refractivity contribution in [2.45, 2.75) is 25.5 Å². The van der Waals surface area contributed by atoms with E-state index in [1.807, 2.05) is 78.9 Å². The van der Waals surface area contributed by atoms with E-state index in [0.29, 0.717) is 12.0 Å². The van der Waals surface area contributed by atoms with Crippen molar-refractivity contribution in [2.24, 2.45) is 0 Å². The molecular formula is C24H23NO3. The van der Waals surface area contributed by atoms with Crippen LogP contribution in [0.4, 0.5) is 0 Å². The summed E-state index contributed by atoms with van der Waals surface area (Å²) in [6, 6.07) is 28.6. The summed E-state index contributed by atoms with van der Waals surface area (Å²) in [4.78, 5) is 24.6. The normalized spacial score (nSPS) is 12.6. The Kier molecular flexibility index (Phi) is 6.58. The first-order valence-electron chi connectivity index (χ1n) is 9.25. The summed E-state index contributed by atoms with van der Waals surface area (Å²) < 4.78 is 5.33. The average Bonchev–Trinajstić information content (AvgIpc) is 2.73. The zero-order valence-corrected chi connectivity index (χ0v) is 15.7. The highest BCUT2D eigenvalue weighted by Crippen LogP contribution is 2.23. The van der Waals surface area contributed by atoms with Crippen LogP contribution in [0.2, 0.25) is 0 Å². The Morgan fingerprint density at radius 1 is 0.786 bits per heavy atom. The molecular weight excluding hydrogens is 350 g/mol. The lowest BCUT2D eigenvalue weighted by molar-refractivity contribution is -0.154. The number of benzene rings is 3. The molecule has 28 heavy (non-hydrogen) atoms. The van der Waals surface area contributed by atoms with Crippen LogP contribution < -0.4 is 5.32 Å². The number of rotatable bonds is 7. The van der Waals surface area contributed by atoms with E-state index in [0.717, 1.165) is 11.1 Å². The van der Waals surface area contributed by atoms with E-state index >= 15 is 0 Å². The molecule has 0 fully saturated rings. The van der Waals surface area contributed by atoms with Gasteiger partial charge in [-0.15, -0.1) is 0 Å². The van der Waals surface area contributed by atoms with Gasteiger partial charge in [0.25, 0.3) is 5.91 Å². The van der Waals surface area contributed by atoms with Crippen LogP contribution in [0.25, 0.3) is 0 Å². The molecule has 0 heterocycles. The topological polar surface area (TPSA) is 55.4 Å². The van der Waals surface area contributed by atoms with Gasteiger partial charge in [0.2, 0.25) is 6.10 Å². The van der Waals surface area contributed by atoms with Crippen LogP contribution in [0, 0.1) is 0 Å². The molecule has 0 spiro atoms. The van der Waals surface area contributed by atoms with Crippen LogP contribution in [-0.4, -0.2) is 11.9 Å². The number of esters is 1. The average molecular weight is 373 g/mol. The summed E-state index contributed by atoms with van der Waals surface area (Å²) in [5.74, 6) is -0.838. The van der Waals surface area contributed by atoms with Crippen LogP contribution in [0.3, 0.4) is 0 Å².